The summed E-state index contributed by atoms with van der Waals surface area (Å²) < 4.78 is 0. The largest absolute Gasteiger partial charge is 0.327 e. The van der Waals surface area contributed by atoms with Crippen molar-refractivity contribution < 1.29 is 0 Å². The Morgan fingerprint density at radius 1 is 1.41 bits per heavy atom. The third-order valence-electron chi connectivity index (χ3n) is 2.56. The minimum absolute atomic E-state index is 0.160. The van der Waals surface area contributed by atoms with Gasteiger partial charge in [-0.2, -0.15) is 0 Å². The first-order valence-electron chi connectivity index (χ1n) is 5.67. The average molecular weight is 248 g/mol. The second kappa shape index (κ2) is 5.33. The number of hydrogen-bond donors (Lipinski definition) is 1. The van der Waals surface area contributed by atoms with Crippen LogP contribution in [0.25, 0.3) is 11.5 Å². The Morgan fingerprint density at radius 3 is 2.88 bits per heavy atom. The van der Waals surface area contributed by atoms with Gasteiger partial charge in [0.05, 0.1) is 5.51 Å². The molecule has 5 heteroatoms. The summed E-state index contributed by atoms with van der Waals surface area (Å²) in [5, 5.41) is 1.96. The van der Waals surface area contributed by atoms with E-state index in [1.54, 1.807) is 16.8 Å². The zero-order valence-electron chi connectivity index (χ0n) is 10.1. The van der Waals surface area contributed by atoms with E-state index in [-0.39, 0.29) is 6.04 Å². The summed E-state index contributed by atoms with van der Waals surface area (Å²) in [6, 6.07) is 2.15. The number of aryl methyl sites for hydroxylation is 1. The summed E-state index contributed by atoms with van der Waals surface area (Å²) in [5.74, 6) is 0.699. The highest BCUT2D eigenvalue weighted by Gasteiger charge is 2.09. The highest BCUT2D eigenvalue weighted by molar-refractivity contribution is 7.07. The monoisotopic (exact) mass is 248 g/mol. The van der Waals surface area contributed by atoms with Crippen molar-refractivity contribution in [3.05, 3.63) is 28.3 Å². The lowest BCUT2D eigenvalue weighted by Gasteiger charge is -2.09. The summed E-state index contributed by atoms with van der Waals surface area (Å²) >= 11 is 1.55. The molecule has 0 bridgehead atoms. The third-order valence-corrected chi connectivity index (χ3v) is 3.15. The minimum Gasteiger partial charge on any atom is -0.327 e. The van der Waals surface area contributed by atoms with E-state index in [4.69, 9.17) is 5.73 Å². The summed E-state index contributed by atoms with van der Waals surface area (Å²) in [4.78, 5) is 13.1. The summed E-state index contributed by atoms with van der Waals surface area (Å²) in [7, 11) is 0. The SMILES string of the molecule is CCC(N)Cc1cc(C)nc(-c2cscn2)n1. The third kappa shape index (κ3) is 3.08. The van der Waals surface area contributed by atoms with Crippen molar-refractivity contribution in [2.45, 2.75) is 32.7 Å². The molecule has 4 nitrogen and oxygen atoms in total. The molecule has 1 unspecified atom stereocenters. The number of nitrogens with zero attached hydrogens (tertiary/aromatic N) is 3. The van der Waals surface area contributed by atoms with Crippen LogP contribution in [-0.4, -0.2) is 21.0 Å². The van der Waals surface area contributed by atoms with Gasteiger partial charge in [-0.15, -0.1) is 11.3 Å². The molecule has 0 aromatic carbocycles. The van der Waals surface area contributed by atoms with Crippen LogP contribution < -0.4 is 5.73 Å². The Hall–Kier alpha value is -1.33. The molecule has 2 heterocycles. The summed E-state index contributed by atoms with van der Waals surface area (Å²) in [6.45, 7) is 4.05. The first kappa shape index (κ1) is 12.1. The van der Waals surface area contributed by atoms with Crippen molar-refractivity contribution >= 4 is 11.3 Å². The quantitative estimate of drug-likeness (QED) is 0.900. The van der Waals surface area contributed by atoms with Gasteiger partial charge in [-0.3, -0.25) is 0 Å². The van der Waals surface area contributed by atoms with E-state index in [9.17, 15) is 0 Å². The van der Waals surface area contributed by atoms with Crippen LogP contribution in [0.4, 0.5) is 0 Å². The van der Waals surface area contributed by atoms with Gasteiger partial charge in [0.2, 0.25) is 0 Å². The summed E-state index contributed by atoms with van der Waals surface area (Å²) in [6.07, 6.45) is 1.74. The molecule has 90 valence electrons. The maximum Gasteiger partial charge on any atom is 0.179 e. The van der Waals surface area contributed by atoms with Crippen LogP contribution in [-0.2, 0) is 6.42 Å². The van der Waals surface area contributed by atoms with Gasteiger partial charge in [0.25, 0.3) is 0 Å². The normalized spacial score (nSPS) is 12.6. The predicted octanol–water partition coefficient (Wildman–Crippen LogP) is 2.19. The molecule has 17 heavy (non-hydrogen) atoms. The zero-order chi connectivity index (χ0) is 12.3. The van der Waals surface area contributed by atoms with Crippen molar-refractivity contribution in [2.75, 3.05) is 0 Å². The molecule has 2 aromatic rings. The Bertz CT molecular complexity index is 481. The molecule has 2 rings (SSSR count). The van der Waals surface area contributed by atoms with E-state index in [1.807, 2.05) is 18.4 Å². The van der Waals surface area contributed by atoms with Crippen LogP contribution >= 0.6 is 11.3 Å². The first-order valence-corrected chi connectivity index (χ1v) is 6.62. The standard InChI is InChI=1S/C12H16N4S/c1-3-9(13)5-10-4-8(2)15-12(16-10)11-6-17-7-14-11/h4,6-7,9H,3,5,13H2,1-2H3. The molecule has 0 saturated carbocycles. The van der Waals surface area contributed by atoms with E-state index < -0.39 is 0 Å². The fourth-order valence-corrected chi connectivity index (χ4v) is 2.12. The molecular weight excluding hydrogens is 232 g/mol. The van der Waals surface area contributed by atoms with E-state index in [0.717, 1.165) is 29.9 Å². The fourth-order valence-electron chi connectivity index (χ4n) is 1.59. The number of aromatic nitrogens is 3. The topological polar surface area (TPSA) is 64.7 Å². The Balaban J connectivity index is 2.30. The highest BCUT2D eigenvalue weighted by atomic mass is 32.1. The second-order valence-corrected chi connectivity index (χ2v) is 4.79. The van der Waals surface area contributed by atoms with Crippen molar-refractivity contribution in [3.63, 3.8) is 0 Å². The molecule has 0 fully saturated rings. The molecule has 0 aliphatic heterocycles. The van der Waals surface area contributed by atoms with Crippen LogP contribution in [0.2, 0.25) is 0 Å². The van der Waals surface area contributed by atoms with Gasteiger partial charge in [-0.1, -0.05) is 6.92 Å². The van der Waals surface area contributed by atoms with Gasteiger partial charge in [-0.25, -0.2) is 15.0 Å². The molecule has 0 saturated heterocycles. The molecule has 0 aliphatic rings. The van der Waals surface area contributed by atoms with Crippen molar-refractivity contribution in [1.29, 1.82) is 0 Å². The van der Waals surface area contributed by atoms with E-state index in [1.165, 1.54) is 0 Å². The Morgan fingerprint density at radius 2 is 2.24 bits per heavy atom. The van der Waals surface area contributed by atoms with Crippen LogP contribution in [0, 0.1) is 6.92 Å². The number of rotatable bonds is 4. The van der Waals surface area contributed by atoms with Gasteiger partial charge in [0, 0.05) is 29.2 Å². The number of hydrogen-bond acceptors (Lipinski definition) is 5. The lowest BCUT2D eigenvalue weighted by Crippen LogP contribution is -2.22. The predicted molar refractivity (Wildman–Crippen MR) is 69.8 cm³/mol. The molecular formula is C12H16N4S. The molecule has 2 aromatic heterocycles. The van der Waals surface area contributed by atoms with Gasteiger partial charge in [0.1, 0.15) is 5.69 Å². The van der Waals surface area contributed by atoms with Crippen molar-refractivity contribution in [2.24, 2.45) is 5.73 Å². The van der Waals surface area contributed by atoms with Gasteiger partial charge in [0.15, 0.2) is 5.82 Å². The van der Waals surface area contributed by atoms with Gasteiger partial charge in [-0.05, 0) is 19.4 Å². The van der Waals surface area contributed by atoms with Gasteiger partial charge < -0.3 is 5.73 Å². The Kier molecular flexibility index (Phi) is 3.81. The maximum absolute atomic E-state index is 5.95. The average Bonchev–Trinajstić information content (AvgIpc) is 2.81. The molecule has 2 N–H and O–H groups in total. The van der Waals surface area contributed by atoms with E-state index >= 15 is 0 Å². The van der Waals surface area contributed by atoms with Crippen LogP contribution in [0.15, 0.2) is 17.0 Å². The molecule has 0 amide bonds. The zero-order valence-corrected chi connectivity index (χ0v) is 10.9. The highest BCUT2D eigenvalue weighted by Crippen LogP contribution is 2.16. The Labute approximate surface area is 105 Å². The molecule has 0 radical (unpaired) electrons. The van der Waals surface area contributed by atoms with Crippen LogP contribution in [0.5, 0.6) is 0 Å². The molecule has 0 spiro atoms. The number of thiazole rings is 1. The first-order chi connectivity index (χ1) is 8.19. The molecule has 0 aliphatic carbocycles. The van der Waals surface area contributed by atoms with Crippen LogP contribution in [0.1, 0.15) is 24.7 Å². The van der Waals surface area contributed by atoms with E-state index in [2.05, 4.69) is 21.9 Å². The second-order valence-electron chi connectivity index (χ2n) is 4.07. The van der Waals surface area contributed by atoms with Crippen LogP contribution in [0.3, 0.4) is 0 Å². The smallest absolute Gasteiger partial charge is 0.179 e. The summed E-state index contributed by atoms with van der Waals surface area (Å²) in [5.41, 5.74) is 10.5. The molecule has 1 atom stereocenters. The fraction of sp³-hybridized carbons (Fsp3) is 0.417. The van der Waals surface area contributed by atoms with Crippen molar-refractivity contribution in [3.8, 4) is 11.5 Å². The van der Waals surface area contributed by atoms with Gasteiger partial charge >= 0.3 is 0 Å². The number of nitrogens with two attached hydrogens (primary N) is 1. The van der Waals surface area contributed by atoms with E-state index in [0.29, 0.717) is 5.82 Å². The maximum atomic E-state index is 5.95. The lowest BCUT2D eigenvalue weighted by atomic mass is 10.1. The lowest BCUT2D eigenvalue weighted by molar-refractivity contribution is 0.635. The minimum atomic E-state index is 0.160. The van der Waals surface area contributed by atoms with Crippen molar-refractivity contribution in [1.82, 2.24) is 15.0 Å².